The molecule has 0 bridgehead atoms. The van der Waals surface area contributed by atoms with Gasteiger partial charge in [-0.05, 0) is 62.5 Å². The number of nitrogens with zero attached hydrogens (tertiary/aromatic N) is 9. The first-order valence-corrected chi connectivity index (χ1v) is 18.4. The van der Waals surface area contributed by atoms with E-state index in [2.05, 4.69) is 71.0 Å². The number of carbonyl (C=O) groups is 3. The van der Waals surface area contributed by atoms with Crippen LogP contribution in [-0.2, 0) is 14.8 Å². The van der Waals surface area contributed by atoms with Crippen LogP contribution in [0.4, 0.5) is 0 Å². The zero-order chi connectivity index (χ0) is 44.5. The van der Waals surface area contributed by atoms with E-state index >= 15 is 0 Å². The van der Waals surface area contributed by atoms with Crippen LogP contribution in [0.3, 0.4) is 0 Å². The molecule has 0 radical (unpaired) electrons. The first-order valence-electron chi connectivity index (χ1n) is 16.9. The van der Waals surface area contributed by atoms with E-state index < -0.39 is 55.7 Å². The van der Waals surface area contributed by atoms with Crippen molar-refractivity contribution in [1.29, 1.82) is 0 Å². The number of carboxylic acids is 1. The molecular formula is C36H33N14NaO11S. The molecule has 320 valence electrons. The molecule has 1 aromatic carbocycles. The summed E-state index contributed by atoms with van der Waals surface area (Å²) in [5.74, 6) is -2.59. The molecule has 0 spiro atoms. The number of aryl methyl sites for hydroxylation is 1. The number of nitrogens with one attached hydrogen (secondary N) is 4. The minimum absolute atomic E-state index is 0. The number of H-pyrrole nitrogens is 3. The van der Waals surface area contributed by atoms with Crippen LogP contribution in [-0.4, -0.2) is 111 Å². The van der Waals surface area contributed by atoms with Crippen LogP contribution in [0, 0.1) is 6.92 Å². The fraction of sp³-hybridized carbons (Fsp3) is 0.0833. The largest absolute Gasteiger partial charge is 1.00 e. The summed E-state index contributed by atoms with van der Waals surface area (Å²) < 4.78 is 30.8. The number of carboxylic acid groups (broad SMARTS) is 1. The Morgan fingerprint density at radius 3 is 1.37 bits per heavy atom. The number of aromatic carboxylic acids is 1. The molecule has 6 aromatic heterocycles. The number of sulfonamides is 1. The molecule has 0 unspecified atom stereocenters. The Bertz CT molecular complexity index is 2910. The van der Waals surface area contributed by atoms with Gasteiger partial charge in [-0.25, -0.2) is 37.7 Å². The maximum atomic E-state index is 12.2. The van der Waals surface area contributed by atoms with Crippen molar-refractivity contribution in [3.8, 4) is 34.6 Å². The van der Waals surface area contributed by atoms with E-state index in [1.54, 1.807) is 55.5 Å². The molecule has 25 nitrogen and oxygen atoms in total. The summed E-state index contributed by atoms with van der Waals surface area (Å²) >= 11 is 0. The molecule has 0 saturated heterocycles. The van der Waals surface area contributed by atoms with Gasteiger partial charge in [-0.15, -0.1) is 15.3 Å². The molecule has 0 fully saturated rings. The summed E-state index contributed by atoms with van der Waals surface area (Å²) in [6.45, 7) is 1.80. The Labute approximate surface area is 376 Å². The zero-order valence-corrected chi connectivity index (χ0v) is 36.1. The minimum atomic E-state index is -4.11. The first kappa shape index (κ1) is 51.5. The molecule has 6 heterocycles. The van der Waals surface area contributed by atoms with Gasteiger partial charge in [0.25, 0.3) is 32.6 Å². The van der Waals surface area contributed by atoms with Gasteiger partial charge in [-0.2, -0.15) is 15.3 Å². The monoisotopic (exact) mass is 892 g/mol. The zero-order valence-electron chi connectivity index (χ0n) is 33.3. The van der Waals surface area contributed by atoms with Gasteiger partial charge in [0.05, 0.1) is 12.0 Å². The molecule has 1 amide bonds. The maximum Gasteiger partial charge on any atom is 1.00 e. The topological polar surface area (TPSA) is 397 Å². The van der Waals surface area contributed by atoms with Gasteiger partial charge in [0, 0.05) is 37.2 Å². The number of carbonyl (C=O) groups excluding carboxylic acids is 2. The van der Waals surface area contributed by atoms with Crippen LogP contribution in [0.2, 0.25) is 0 Å². The first-order chi connectivity index (χ1) is 29.3. The van der Waals surface area contributed by atoms with E-state index in [0.717, 1.165) is 24.2 Å². The quantitative estimate of drug-likeness (QED) is 0.0654. The van der Waals surface area contributed by atoms with Gasteiger partial charge in [0.2, 0.25) is 0 Å². The molecule has 0 aliphatic rings. The van der Waals surface area contributed by atoms with E-state index in [-0.39, 0.29) is 63.0 Å². The fourth-order valence-corrected chi connectivity index (χ4v) is 5.35. The Morgan fingerprint density at radius 1 is 0.651 bits per heavy atom. The third kappa shape index (κ3) is 14.2. The molecule has 63 heavy (non-hydrogen) atoms. The Kier molecular flexibility index (Phi) is 20.1. The number of ether oxygens (including phenoxy) is 1. The number of nitrogens with two attached hydrogens (primary N) is 1. The number of esters is 1. The predicted molar refractivity (Wildman–Crippen MR) is 214 cm³/mol. The third-order valence-electron chi connectivity index (χ3n) is 7.28. The number of amides is 1. The second-order valence-electron chi connectivity index (χ2n) is 11.3. The number of aromatic amines is 3. The van der Waals surface area contributed by atoms with Crippen molar-refractivity contribution >= 4 is 27.9 Å². The molecule has 0 atom stereocenters. The summed E-state index contributed by atoms with van der Waals surface area (Å²) in [5, 5.41) is 30.9. The molecule has 0 saturated carbocycles. The van der Waals surface area contributed by atoms with Crippen molar-refractivity contribution in [2.24, 2.45) is 5.73 Å². The van der Waals surface area contributed by atoms with E-state index in [0.29, 0.717) is 17.1 Å². The van der Waals surface area contributed by atoms with Gasteiger partial charge in [0.15, 0.2) is 17.5 Å². The molecule has 7 rings (SSSR count). The van der Waals surface area contributed by atoms with Crippen LogP contribution in [0.1, 0.15) is 36.6 Å². The molecular weight excluding hydrogens is 860 g/mol. The van der Waals surface area contributed by atoms with Crippen molar-refractivity contribution in [2.75, 3.05) is 14.2 Å². The SMILES string of the molecule is CN.COC(=O)c1cnc(-c2cccnn2)[nH]c1=O.Cc1ccc(S(=O)(=O)NC(=O)c2cnc(-c3cccnn3)[nH]c2=O)cc1.O=C(O)c1cnc(-c2cccnn2)[nH]c1=O.[Na+].[OH-]. The summed E-state index contributed by atoms with van der Waals surface area (Å²) in [4.78, 5) is 87.7. The van der Waals surface area contributed by atoms with Crippen LogP contribution in [0.5, 0.6) is 0 Å². The van der Waals surface area contributed by atoms with Crippen LogP contribution in [0.25, 0.3) is 34.6 Å². The van der Waals surface area contributed by atoms with Gasteiger partial charge < -0.3 is 36.0 Å². The van der Waals surface area contributed by atoms with Crippen molar-refractivity contribution < 1.29 is 67.7 Å². The minimum Gasteiger partial charge on any atom is -0.870 e. The van der Waals surface area contributed by atoms with Crippen LogP contribution < -0.4 is 56.7 Å². The maximum absolute atomic E-state index is 12.2. The van der Waals surface area contributed by atoms with Crippen molar-refractivity contribution in [3.05, 3.63) is 151 Å². The fourth-order valence-electron chi connectivity index (χ4n) is 4.38. The molecule has 8 N–H and O–H groups in total. The number of hydrogen-bond donors (Lipinski definition) is 6. The Morgan fingerprint density at radius 2 is 1.03 bits per heavy atom. The Hall–Kier alpha value is -7.62. The van der Waals surface area contributed by atoms with Crippen molar-refractivity contribution in [2.45, 2.75) is 11.8 Å². The third-order valence-corrected chi connectivity index (χ3v) is 8.63. The second kappa shape index (κ2) is 24.6. The Balaban J connectivity index is 0.000000326. The molecule has 0 aliphatic heterocycles. The van der Waals surface area contributed by atoms with Gasteiger partial charge in [-0.3, -0.25) is 19.2 Å². The number of methoxy groups -OCH3 is 1. The molecule has 0 aliphatic carbocycles. The average Bonchev–Trinajstić information content (AvgIpc) is 3.28. The van der Waals surface area contributed by atoms with E-state index in [4.69, 9.17) is 5.11 Å². The van der Waals surface area contributed by atoms with Gasteiger partial charge >= 0.3 is 41.5 Å². The average molecular weight is 893 g/mol. The van der Waals surface area contributed by atoms with Crippen molar-refractivity contribution in [3.63, 3.8) is 0 Å². The normalized spacial score (nSPS) is 9.90. The number of rotatable bonds is 8. The number of aromatic nitrogens is 12. The van der Waals surface area contributed by atoms with E-state index in [9.17, 15) is 37.2 Å². The van der Waals surface area contributed by atoms with E-state index in [1.807, 2.05) is 4.72 Å². The second-order valence-corrected chi connectivity index (χ2v) is 13.0. The summed E-state index contributed by atoms with van der Waals surface area (Å²) in [6, 6.07) is 15.7. The molecule has 7 aromatic rings. The smallest absolute Gasteiger partial charge is 0.870 e. The number of hydrogen-bond acceptors (Lipinski definition) is 20. The van der Waals surface area contributed by atoms with E-state index in [1.165, 1.54) is 44.9 Å². The van der Waals surface area contributed by atoms with Crippen molar-refractivity contribution in [1.82, 2.24) is 65.2 Å². The van der Waals surface area contributed by atoms with Gasteiger partial charge in [0.1, 0.15) is 33.8 Å². The molecule has 27 heteroatoms. The predicted octanol–water partition coefficient (Wildman–Crippen LogP) is -3.01. The number of benzene rings is 1. The summed E-state index contributed by atoms with van der Waals surface area (Å²) in [6.07, 6.45) is 7.57. The van der Waals surface area contributed by atoms with Crippen LogP contribution >= 0.6 is 0 Å². The summed E-state index contributed by atoms with van der Waals surface area (Å²) in [5.41, 5.74) is 3.38. The van der Waals surface area contributed by atoms with Crippen LogP contribution in [0.15, 0.2) is 117 Å². The van der Waals surface area contributed by atoms with Gasteiger partial charge in [-0.1, -0.05) is 17.7 Å². The standard InChI is InChI=1S/C16H13N5O4S.C10H8N4O3.C9H6N4O3.CH5N.Na.H2O/c1-10-4-6-11(7-5-10)26(24,25)21-16(23)12-9-17-14(19-15(12)22)13-3-2-8-18-20-13;1-17-10(16)6-5-11-8(13-9(6)15)7-3-2-4-12-14-7;14-8-5(9(15)16)4-10-7(12-8)6-2-1-3-11-13-6;1-2;;/h2-9H,1H3,(H,21,23)(H,17,19,22);2-5H,1H3,(H,11,13,15);1-4H,(H,15,16)(H,10,12,14);2H2,1H3;;1H2/q;;;;+1;/p-1. The summed E-state index contributed by atoms with van der Waals surface area (Å²) in [7, 11) is -1.41.